The molecule has 3 rings (SSSR count). The largest absolute Gasteiger partial charge is 0.339 e. The monoisotopic (exact) mass is 329 g/mol. The van der Waals surface area contributed by atoms with Gasteiger partial charge in [-0.15, -0.1) is 11.3 Å². The van der Waals surface area contributed by atoms with Crippen LogP contribution in [-0.4, -0.2) is 51.4 Å². The normalized spacial score (nSPS) is 17.0. The van der Waals surface area contributed by atoms with Crippen molar-refractivity contribution >= 4 is 17.2 Å². The molecule has 1 amide bonds. The third kappa shape index (κ3) is 3.44. The Labute approximate surface area is 139 Å². The van der Waals surface area contributed by atoms with Crippen molar-refractivity contribution in [1.29, 1.82) is 5.26 Å². The van der Waals surface area contributed by atoms with Crippen molar-refractivity contribution in [3.05, 3.63) is 40.6 Å². The predicted molar refractivity (Wildman–Crippen MR) is 87.8 cm³/mol. The Balaban J connectivity index is 1.57. The first-order chi connectivity index (χ1) is 11.2. The van der Waals surface area contributed by atoms with Gasteiger partial charge in [0.15, 0.2) is 0 Å². The van der Waals surface area contributed by atoms with Crippen LogP contribution in [0.1, 0.15) is 16.7 Å². The van der Waals surface area contributed by atoms with Gasteiger partial charge >= 0.3 is 0 Å². The van der Waals surface area contributed by atoms with Crippen LogP contribution in [0, 0.1) is 18.3 Å². The second kappa shape index (κ2) is 6.94. The zero-order valence-corrected chi connectivity index (χ0v) is 13.9. The Hall–Kier alpha value is -2.17. The molecule has 0 aromatic carbocycles. The molecule has 3 heterocycles. The van der Waals surface area contributed by atoms with Gasteiger partial charge in [0.2, 0.25) is 5.91 Å². The number of hydrogen-bond acceptors (Lipinski definition) is 5. The van der Waals surface area contributed by atoms with E-state index in [1.54, 1.807) is 17.5 Å². The number of hydrogen-bond donors (Lipinski definition) is 0. The summed E-state index contributed by atoms with van der Waals surface area (Å²) in [6.45, 7) is 5.00. The minimum Gasteiger partial charge on any atom is -0.339 e. The van der Waals surface area contributed by atoms with Gasteiger partial charge in [-0.1, -0.05) is 6.07 Å². The van der Waals surface area contributed by atoms with Gasteiger partial charge in [0.05, 0.1) is 6.07 Å². The van der Waals surface area contributed by atoms with Crippen molar-refractivity contribution in [3.8, 4) is 6.07 Å². The molecule has 1 atom stereocenters. The van der Waals surface area contributed by atoms with Crippen molar-refractivity contribution < 1.29 is 4.79 Å². The zero-order valence-electron chi connectivity index (χ0n) is 13.1. The molecule has 6 nitrogen and oxygen atoms in total. The molecular formula is C16H19N5OS. The van der Waals surface area contributed by atoms with Gasteiger partial charge < -0.3 is 9.47 Å². The summed E-state index contributed by atoms with van der Waals surface area (Å²) in [5, 5.41) is 11.4. The van der Waals surface area contributed by atoms with E-state index < -0.39 is 0 Å². The Morgan fingerprint density at radius 2 is 2.22 bits per heavy atom. The summed E-state index contributed by atoms with van der Waals surface area (Å²) in [6.07, 6.45) is 3.53. The Morgan fingerprint density at radius 3 is 2.78 bits per heavy atom. The summed E-state index contributed by atoms with van der Waals surface area (Å²) in [5.41, 5.74) is 0. The van der Waals surface area contributed by atoms with E-state index in [9.17, 15) is 10.1 Å². The van der Waals surface area contributed by atoms with Crippen LogP contribution >= 0.6 is 11.3 Å². The van der Waals surface area contributed by atoms with Gasteiger partial charge in [-0.05, 0) is 18.4 Å². The number of nitriles is 1. The van der Waals surface area contributed by atoms with Crippen LogP contribution in [0.2, 0.25) is 0 Å². The average molecular weight is 329 g/mol. The van der Waals surface area contributed by atoms with Crippen LogP contribution in [0.15, 0.2) is 29.9 Å². The Kier molecular flexibility index (Phi) is 4.74. The lowest BCUT2D eigenvalue weighted by atomic mass is 10.2. The van der Waals surface area contributed by atoms with Crippen LogP contribution in [0.3, 0.4) is 0 Å². The van der Waals surface area contributed by atoms with Crippen LogP contribution in [0.25, 0.3) is 0 Å². The fourth-order valence-corrected chi connectivity index (χ4v) is 3.62. The molecule has 0 N–H and O–H groups in total. The van der Waals surface area contributed by atoms with Gasteiger partial charge in [-0.2, -0.15) is 5.26 Å². The van der Waals surface area contributed by atoms with Crippen molar-refractivity contribution in [1.82, 2.24) is 19.4 Å². The number of thiophene rings is 1. The molecule has 0 radical (unpaired) electrons. The van der Waals surface area contributed by atoms with E-state index in [4.69, 9.17) is 0 Å². The van der Waals surface area contributed by atoms with E-state index in [0.717, 1.165) is 23.8 Å². The van der Waals surface area contributed by atoms with E-state index in [-0.39, 0.29) is 11.9 Å². The quantitative estimate of drug-likeness (QED) is 0.856. The lowest BCUT2D eigenvalue weighted by Gasteiger charge is -2.36. The molecule has 1 aliphatic rings. The number of carbonyl (C=O) groups excluding carboxylic acids is 1. The number of carbonyl (C=O) groups is 1. The molecule has 1 saturated heterocycles. The highest BCUT2D eigenvalue weighted by atomic mass is 32.1. The molecule has 2 aromatic rings. The number of nitrogens with zero attached hydrogens (tertiary/aromatic N) is 5. The average Bonchev–Trinajstić information content (AvgIpc) is 3.22. The van der Waals surface area contributed by atoms with E-state index >= 15 is 0 Å². The van der Waals surface area contributed by atoms with E-state index in [1.807, 2.05) is 40.1 Å². The van der Waals surface area contributed by atoms with Crippen molar-refractivity contribution in [3.63, 3.8) is 0 Å². The summed E-state index contributed by atoms with van der Waals surface area (Å²) in [6, 6.07) is 6.14. The van der Waals surface area contributed by atoms with Crippen LogP contribution in [-0.2, 0) is 11.3 Å². The Morgan fingerprint density at radius 1 is 1.43 bits per heavy atom. The molecule has 0 spiro atoms. The number of aryl methyl sites for hydroxylation is 1. The van der Waals surface area contributed by atoms with Gasteiger partial charge in [0, 0.05) is 43.4 Å². The van der Waals surface area contributed by atoms with Crippen LogP contribution < -0.4 is 0 Å². The standard InChI is InChI=1S/C16H19N5OS/c1-13-18-4-5-21(13)12-16(22)20-8-6-19(7-9-20)14(11-17)15-3-2-10-23-15/h2-5,10,14H,6-9,12H2,1H3/t14-/m1/s1. The molecule has 2 aromatic heterocycles. The molecular weight excluding hydrogens is 310 g/mol. The highest BCUT2D eigenvalue weighted by Gasteiger charge is 2.27. The number of aromatic nitrogens is 2. The second-order valence-electron chi connectivity index (χ2n) is 5.57. The molecule has 120 valence electrons. The van der Waals surface area contributed by atoms with E-state index in [1.165, 1.54) is 0 Å². The fraction of sp³-hybridized carbons (Fsp3) is 0.438. The first-order valence-corrected chi connectivity index (χ1v) is 8.49. The smallest absolute Gasteiger partial charge is 0.242 e. The SMILES string of the molecule is Cc1nccn1CC(=O)N1CCN([C@H](C#N)c2cccs2)CC1. The molecule has 7 heteroatoms. The van der Waals surface area contributed by atoms with Crippen LogP contribution in [0.5, 0.6) is 0 Å². The third-order valence-electron chi connectivity index (χ3n) is 4.20. The molecule has 0 unspecified atom stereocenters. The molecule has 1 fully saturated rings. The minimum atomic E-state index is -0.205. The highest BCUT2D eigenvalue weighted by molar-refractivity contribution is 7.10. The second-order valence-corrected chi connectivity index (χ2v) is 6.55. The van der Waals surface area contributed by atoms with Gasteiger partial charge in [0.25, 0.3) is 0 Å². The summed E-state index contributed by atoms with van der Waals surface area (Å²) in [7, 11) is 0. The third-order valence-corrected chi connectivity index (χ3v) is 5.12. The summed E-state index contributed by atoms with van der Waals surface area (Å²) < 4.78 is 1.86. The molecule has 0 aliphatic carbocycles. The van der Waals surface area contributed by atoms with E-state index in [2.05, 4.69) is 16.0 Å². The molecule has 1 aliphatic heterocycles. The minimum absolute atomic E-state index is 0.107. The van der Waals surface area contributed by atoms with Crippen molar-refractivity contribution in [2.75, 3.05) is 26.2 Å². The number of imidazole rings is 1. The summed E-state index contributed by atoms with van der Waals surface area (Å²) >= 11 is 1.61. The number of amides is 1. The number of rotatable bonds is 4. The maximum Gasteiger partial charge on any atom is 0.242 e. The molecule has 23 heavy (non-hydrogen) atoms. The number of piperazine rings is 1. The fourth-order valence-electron chi connectivity index (χ4n) is 2.82. The van der Waals surface area contributed by atoms with Gasteiger partial charge in [0.1, 0.15) is 18.4 Å². The summed E-state index contributed by atoms with van der Waals surface area (Å²) in [4.78, 5) is 21.6. The topological polar surface area (TPSA) is 65.2 Å². The maximum atomic E-state index is 12.4. The summed E-state index contributed by atoms with van der Waals surface area (Å²) in [5.74, 6) is 0.953. The van der Waals surface area contributed by atoms with Gasteiger partial charge in [-0.25, -0.2) is 4.98 Å². The van der Waals surface area contributed by atoms with E-state index in [0.29, 0.717) is 19.6 Å². The molecule has 0 bridgehead atoms. The van der Waals surface area contributed by atoms with Crippen molar-refractivity contribution in [2.45, 2.75) is 19.5 Å². The first-order valence-electron chi connectivity index (χ1n) is 7.61. The van der Waals surface area contributed by atoms with Crippen LogP contribution in [0.4, 0.5) is 0 Å². The molecule has 0 saturated carbocycles. The Bertz CT molecular complexity index is 694. The highest BCUT2D eigenvalue weighted by Crippen LogP contribution is 2.25. The maximum absolute atomic E-state index is 12.4. The first kappa shape index (κ1) is 15.7. The lowest BCUT2D eigenvalue weighted by Crippen LogP contribution is -2.50. The predicted octanol–water partition coefficient (Wildman–Crippen LogP) is 1.66. The zero-order chi connectivity index (χ0) is 16.2. The van der Waals surface area contributed by atoms with Crippen molar-refractivity contribution in [2.24, 2.45) is 0 Å². The lowest BCUT2D eigenvalue weighted by molar-refractivity contribution is -0.133. The van der Waals surface area contributed by atoms with Gasteiger partial charge in [-0.3, -0.25) is 9.69 Å².